The molecule has 236 valence electrons. The Kier molecular flexibility index (Phi) is 9.42. The van der Waals surface area contributed by atoms with Gasteiger partial charge in [0.1, 0.15) is 22.3 Å². The van der Waals surface area contributed by atoms with E-state index in [0.29, 0.717) is 65.4 Å². The molecule has 6 rings (SSSR count). The van der Waals surface area contributed by atoms with Crippen LogP contribution in [0.25, 0.3) is 0 Å². The maximum Gasteiger partial charge on any atom is 0.254 e. The minimum absolute atomic E-state index is 0.00337. The monoisotopic (exact) mass is 638 g/mol. The zero-order valence-corrected chi connectivity index (χ0v) is 27.2. The van der Waals surface area contributed by atoms with Gasteiger partial charge in [0.15, 0.2) is 5.11 Å². The lowest BCUT2D eigenvalue weighted by atomic mass is 9.90. The smallest absolute Gasteiger partial charge is 0.254 e. The zero-order valence-electron chi connectivity index (χ0n) is 25.5. The topological polar surface area (TPSA) is 109 Å². The second kappa shape index (κ2) is 13.4. The quantitative estimate of drug-likeness (QED) is 0.295. The third-order valence-electron chi connectivity index (χ3n) is 9.24. The van der Waals surface area contributed by atoms with Gasteiger partial charge in [0.05, 0.1) is 19.8 Å². The van der Waals surface area contributed by atoms with Gasteiger partial charge in [-0.15, -0.1) is 11.3 Å². The number of thiocarbonyl (C=S) groups is 1. The Morgan fingerprint density at radius 1 is 1.05 bits per heavy atom. The first-order valence-electron chi connectivity index (χ1n) is 15.9. The van der Waals surface area contributed by atoms with Crippen LogP contribution in [0.5, 0.6) is 11.5 Å². The number of amides is 2. The summed E-state index contributed by atoms with van der Waals surface area (Å²) < 4.78 is 11.1. The Bertz CT molecular complexity index is 1430. The summed E-state index contributed by atoms with van der Waals surface area (Å²) >= 11 is 7.61. The predicted molar refractivity (Wildman–Crippen MR) is 175 cm³/mol. The summed E-state index contributed by atoms with van der Waals surface area (Å²) in [5.74, 6) is 2.22. The Morgan fingerprint density at radius 3 is 2.57 bits per heavy atom. The summed E-state index contributed by atoms with van der Waals surface area (Å²) in [4.78, 5) is 42.1. The molecular weight excluding hydrogens is 597 g/mol. The van der Waals surface area contributed by atoms with E-state index in [4.69, 9.17) is 21.7 Å². The Morgan fingerprint density at radius 2 is 1.86 bits per heavy atom. The highest BCUT2D eigenvalue weighted by atomic mass is 32.1. The van der Waals surface area contributed by atoms with E-state index in [-0.39, 0.29) is 35.6 Å². The molecule has 1 aromatic heterocycles. The van der Waals surface area contributed by atoms with Crippen LogP contribution >= 0.6 is 23.6 Å². The fourth-order valence-corrected chi connectivity index (χ4v) is 7.93. The molecule has 0 bridgehead atoms. The Hall–Kier alpha value is -3.18. The van der Waals surface area contributed by atoms with Gasteiger partial charge in [-0.2, -0.15) is 0 Å². The average Bonchev–Trinajstić information content (AvgIpc) is 3.95. The third kappa shape index (κ3) is 7.20. The molecule has 4 aliphatic carbocycles. The summed E-state index contributed by atoms with van der Waals surface area (Å²) in [6.45, 7) is 1.18. The number of aryl methyl sites for hydroxylation is 1. The molecule has 3 N–H and O–H groups in total. The van der Waals surface area contributed by atoms with Crippen molar-refractivity contribution in [2.75, 3.05) is 26.1 Å². The number of carbonyl (C=O) groups excluding carboxylic acids is 3. The second-order valence-corrected chi connectivity index (χ2v) is 14.1. The van der Waals surface area contributed by atoms with Gasteiger partial charge in [0, 0.05) is 60.4 Å². The molecule has 3 saturated carbocycles. The molecule has 11 heteroatoms. The number of nitrogens with zero attached hydrogens (tertiary/aromatic N) is 1. The van der Waals surface area contributed by atoms with Gasteiger partial charge in [-0.25, -0.2) is 0 Å². The minimum atomic E-state index is -0.0994. The Balaban J connectivity index is 1.21. The van der Waals surface area contributed by atoms with Crippen LogP contribution in [0, 0.1) is 11.8 Å². The minimum Gasteiger partial charge on any atom is -0.497 e. The van der Waals surface area contributed by atoms with Gasteiger partial charge < -0.3 is 30.3 Å². The molecule has 1 unspecified atom stereocenters. The number of anilines is 1. The number of carbonyl (C=O) groups is 3. The molecule has 1 aromatic carbocycles. The Labute approximate surface area is 268 Å². The normalized spacial score (nSPS) is 21.2. The summed E-state index contributed by atoms with van der Waals surface area (Å²) in [5.41, 5.74) is 2.59. The first-order chi connectivity index (χ1) is 21.3. The number of thiophene rings is 1. The number of benzene rings is 1. The average molecular weight is 639 g/mol. The zero-order chi connectivity index (χ0) is 30.8. The largest absolute Gasteiger partial charge is 0.497 e. The maximum absolute atomic E-state index is 13.5. The number of ether oxygens (including phenoxy) is 2. The lowest BCUT2D eigenvalue weighted by molar-refractivity contribution is -0.121. The van der Waals surface area contributed by atoms with E-state index in [9.17, 15) is 14.4 Å². The van der Waals surface area contributed by atoms with Crippen LogP contribution in [0.1, 0.15) is 84.1 Å². The molecular formula is C33H42N4O5S2. The van der Waals surface area contributed by atoms with Crippen LogP contribution in [0.4, 0.5) is 5.00 Å². The molecule has 0 aliphatic heterocycles. The third-order valence-corrected chi connectivity index (χ3v) is 10.8. The molecule has 2 amide bonds. The number of nitrogens with one attached hydrogen (secondary N) is 3. The van der Waals surface area contributed by atoms with Gasteiger partial charge in [-0.1, -0.05) is 0 Å². The molecule has 3 fully saturated rings. The van der Waals surface area contributed by atoms with Crippen LogP contribution in [-0.2, 0) is 29.0 Å². The first kappa shape index (κ1) is 30.8. The van der Waals surface area contributed by atoms with E-state index in [0.717, 1.165) is 67.4 Å². The molecule has 2 atom stereocenters. The second-order valence-electron chi connectivity index (χ2n) is 12.6. The molecule has 0 radical (unpaired) electrons. The predicted octanol–water partition coefficient (Wildman–Crippen LogP) is 5.00. The van der Waals surface area contributed by atoms with Crippen molar-refractivity contribution in [3.05, 3.63) is 39.8 Å². The van der Waals surface area contributed by atoms with Crippen molar-refractivity contribution in [3.8, 4) is 11.5 Å². The number of hydrogen-bond donors (Lipinski definition) is 3. The van der Waals surface area contributed by atoms with Crippen molar-refractivity contribution in [1.29, 1.82) is 0 Å². The van der Waals surface area contributed by atoms with E-state index in [1.54, 1.807) is 25.6 Å². The van der Waals surface area contributed by atoms with Crippen LogP contribution in [0.3, 0.4) is 0 Å². The summed E-state index contributed by atoms with van der Waals surface area (Å²) in [5, 5.41) is 11.1. The highest BCUT2D eigenvalue weighted by Gasteiger charge is 2.35. The van der Waals surface area contributed by atoms with Gasteiger partial charge in [-0.3, -0.25) is 14.4 Å². The van der Waals surface area contributed by atoms with Crippen LogP contribution in [-0.4, -0.2) is 60.5 Å². The van der Waals surface area contributed by atoms with Crippen molar-refractivity contribution in [2.24, 2.45) is 11.8 Å². The van der Waals surface area contributed by atoms with Crippen LogP contribution in [0.2, 0.25) is 0 Å². The van der Waals surface area contributed by atoms with E-state index >= 15 is 0 Å². The maximum atomic E-state index is 13.5. The fraction of sp³-hybridized carbons (Fsp3) is 0.576. The fourth-order valence-electron chi connectivity index (χ4n) is 6.30. The summed E-state index contributed by atoms with van der Waals surface area (Å²) in [6, 6.07) is 5.78. The van der Waals surface area contributed by atoms with Crippen molar-refractivity contribution < 1.29 is 23.9 Å². The molecule has 0 saturated heterocycles. The van der Waals surface area contributed by atoms with Crippen molar-refractivity contribution in [2.45, 2.75) is 89.3 Å². The van der Waals surface area contributed by atoms with Gasteiger partial charge in [0.25, 0.3) is 5.91 Å². The van der Waals surface area contributed by atoms with Crippen molar-refractivity contribution >= 4 is 51.3 Å². The lowest BCUT2D eigenvalue weighted by Gasteiger charge is -2.38. The molecule has 9 nitrogen and oxygen atoms in total. The van der Waals surface area contributed by atoms with E-state index < -0.39 is 0 Å². The number of ketones is 1. The van der Waals surface area contributed by atoms with E-state index in [1.165, 1.54) is 0 Å². The number of Topliss-reactive ketones (excluding diaryl/α,β-unsaturated/α-hetero) is 1. The molecule has 44 heavy (non-hydrogen) atoms. The summed E-state index contributed by atoms with van der Waals surface area (Å²) in [6.07, 6.45) is 9.25. The van der Waals surface area contributed by atoms with Crippen LogP contribution in [0.15, 0.2) is 18.2 Å². The SMILES string of the molecule is COc1ccc(CN(C(=S)N[C@H]2CCc3sc(NC(=O)C4CC4)c(C(=O)NCC4CC4)c3C2)C2CCCC(=O)C2)c(OC)c1. The number of fused-ring (bicyclic) bond motifs is 1. The molecule has 4 aliphatic rings. The standard InChI is InChI=1S/C33H42N4O5S2/c1-41-25-12-10-21(27(16-25)42-2)18-37(23-4-3-5-24(38)15-23)33(43)35-22-11-13-28-26(14-22)29(31(40)34-17-19-6-7-19)32(44-28)36-30(39)20-8-9-20/h10,12,16,19-20,22-23H,3-9,11,13-15,17-18H2,1-2H3,(H,34,40)(H,35,43)(H,36,39)/t22-,23?/m0/s1. The van der Waals surface area contributed by atoms with Gasteiger partial charge >= 0.3 is 0 Å². The lowest BCUT2D eigenvalue weighted by Crippen LogP contribution is -2.51. The molecule has 0 spiro atoms. The van der Waals surface area contributed by atoms with E-state index in [1.807, 2.05) is 18.2 Å². The number of methoxy groups -OCH3 is 2. The first-order valence-corrected chi connectivity index (χ1v) is 17.1. The van der Waals surface area contributed by atoms with Crippen molar-refractivity contribution in [1.82, 2.24) is 15.5 Å². The highest BCUT2D eigenvalue weighted by Crippen LogP contribution is 2.40. The summed E-state index contributed by atoms with van der Waals surface area (Å²) in [7, 11) is 3.27. The highest BCUT2D eigenvalue weighted by molar-refractivity contribution is 7.80. The molecule has 1 heterocycles. The van der Waals surface area contributed by atoms with Gasteiger partial charge in [0.2, 0.25) is 5.91 Å². The van der Waals surface area contributed by atoms with Gasteiger partial charge in [-0.05, 0) is 93.6 Å². The van der Waals surface area contributed by atoms with Crippen molar-refractivity contribution in [3.63, 3.8) is 0 Å². The van der Waals surface area contributed by atoms with E-state index in [2.05, 4.69) is 20.9 Å². The number of hydrogen-bond acceptors (Lipinski definition) is 7. The molecule has 2 aromatic rings. The van der Waals surface area contributed by atoms with Crippen LogP contribution < -0.4 is 25.4 Å². The number of rotatable bonds is 11.